The lowest BCUT2D eigenvalue weighted by Crippen LogP contribution is -2.55. The Morgan fingerprint density at radius 2 is 0.883 bits per heavy atom. The highest BCUT2D eigenvalue weighted by atomic mass is 15.4. The Morgan fingerprint density at radius 3 is 1.37 bits per heavy atom. The first kappa shape index (κ1) is 39.6. The molecule has 0 spiro atoms. The van der Waals surface area contributed by atoms with E-state index in [1.807, 2.05) is 19.1 Å². The van der Waals surface area contributed by atoms with E-state index in [4.69, 9.17) is 19.9 Å². The highest BCUT2D eigenvalue weighted by Crippen LogP contribution is 2.28. The van der Waals surface area contributed by atoms with Crippen LogP contribution in [0, 0.1) is 0 Å². The Kier molecular flexibility index (Phi) is 11.8. The first-order chi connectivity index (χ1) is 29.5. The molecule has 12 heteroatoms. The molecule has 6 aromatic rings. The predicted molar refractivity (Wildman–Crippen MR) is 245 cm³/mol. The van der Waals surface area contributed by atoms with Crippen LogP contribution in [0.4, 0.5) is 17.5 Å². The Labute approximate surface area is 354 Å². The minimum Gasteiger partial charge on any atom is -0.353 e. The van der Waals surface area contributed by atoms with E-state index in [9.17, 15) is 0 Å². The van der Waals surface area contributed by atoms with Gasteiger partial charge in [-0.1, -0.05) is 54.6 Å². The van der Waals surface area contributed by atoms with Crippen LogP contribution in [0.15, 0.2) is 91.0 Å². The molecule has 0 N–H and O–H groups in total. The van der Waals surface area contributed by atoms with Crippen molar-refractivity contribution >= 4 is 68.4 Å². The SMILES string of the molecule is CC=Cc1nc(N2CCN(C[n+]3c(C=CC)nc(N4CCN(C[n+]5c(C=CC)nc(N6CCN(C)CC6)c6ccccc65)CC4)c4ccccc43)CC2)c2ccccc2n1. The summed E-state index contributed by atoms with van der Waals surface area (Å²) in [5, 5.41) is 3.52. The van der Waals surface area contributed by atoms with Crippen LogP contribution in [0.5, 0.6) is 0 Å². The summed E-state index contributed by atoms with van der Waals surface area (Å²) in [6, 6.07) is 26.0. The third-order valence-corrected chi connectivity index (χ3v) is 12.2. The number of para-hydroxylation sites is 3. The van der Waals surface area contributed by atoms with Gasteiger partial charge in [0, 0.05) is 96.1 Å². The van der Waals surface area contributed by atoms with E-state index in [0.717, 1.165) is 138 Å². The van der Waals surface area contributed by atoms with Crippen LogP contribution >= 0.6 is 0 Å². The van der Waals surface area contributed by atoms with Gasteiger partial charge in [0.15, 0.2) is 5.82 Å². The van der Waals surface area contributed by atoms with Gasteiger partial charge in [-0.15, -0.1) is 0 Å². The van der Waals surface area contributed by atoms with E-state index in [1.54, 1.807) is 0 Å². The quantitative estimate of drug-likeness (QED) is 0.161. The summed E-state index contributed by atoms with van der Waals surface area (Å²) in [6.07, 6.45) is 12.6. The summed E-state index contributed by atoms with van der Waals surface area (Å²) in [5.74, 6) is 5.94. The normalized spacial score (nSPS) is 17.8. The molecule has 3 aromatic heterocycles. The molecule has 0 amide bonds. The van der Waals surface area contributed by atoms with Crippen LogP contribution in [0.3, 0.4) is 0 Å². The minimum absolute atomic E-state index is 0.758. The fourth-order valence-corrected chi connectivity index (χ4v) is 9.00. The molecule has 0 radical (unpaired) electrons. The second-order valence-electron chi connectivity index (χ2n) is 16.2. The standard InChI is InChI=1S/C48H58N12/c1-5-14-43-49-40-20-11-8-17-37(40)46(50-43)57-31-25-54(26-32-57)35-60-42-22-13-10-19-39(42)48(52-45(60)16-7-3)58-33-27-55(28-34-58)36-59-41-21-12-9-18-38(41)47(51-44(59)15-6-2)56-29-23-53(4)24-30-56/h5-22H,23-36H2,1-4H3/q+2. The number of hydrogen-bond acceptors (Lipinski definition) is 10. The van der Waals surface area contributed by atoms with Crippen molar-refractivity contribution in [1.82, 2.24) is 34.6 Å². The van der Waals surface area contributed by atoms with Crippen LogP contribution in [0.1, 0.15) is 38.2 Å². The maximum Gasteiger partial charge on any atom is 0.326 e. The molecule has 0 bridgehead atoms. The highest BCUT2D eigenvalue weighted by Gasteiger charge is 2.32. The summed E-state index contributed by atoms with van der Waals surface area (Å²) in [5.41, 5.74) is 3.43. The highest BCUT2D eigenvalue weighted by molar-refractivity contribution is 5.91. The van der Waals surface area contributed by atoms with Gasteiger partial charge in [-0.2, -0.15) is 0 Å². The van der Waals surface area contributed by atoms with Crippen LogP contribution < -0.4 is 23.8 Å². The van der Waals surface area contributed by atoms with Crippen molar-refractivity contribution in [3.8, 4) is 0 Å². The largest absolute Gasteiger partial charge is 0.353 e. The molecule has 9 rings (SSSR count). The fraction of sp³-hybridized carbons (Fsp3) is 0.375. The second-order valence-corrected chi connectivity index (χ2v) is 16.2. The molecular formula is C48H58N12+2. The van der Waals surface area contributed by atoms with Gasteiger partial charge in [-0.05, 0) is 80.3 Å². The third-order valence-electron chi connectivity index (χ3n) is 12.2. The smallest absolute Gasteiger partial charge is 0.326 e. The summed E-state index contributed by atoms with van der Waals surface area (Å²) in [6.45, 7) is 19.1. The van der Waals surface area contributed by atoms with Crippen molar-refractivity contribution in [1.29, 1.82) is 0 Å². The summed E-state index contributed by atoms with van der Waals surface area (Å²) >= 11 is 0. The molecule has 3 aromatic carbocycles. The molecule has 0 atom stereocenters. The number of likely N-dealkylation sites (N-methyl/N-ethyl adjacent to an activating group) is 1. The average molecular weight is 803 g/mol. The van der Waals surface area contributed by atoms with Crippen LogP contribution in [0.25, 0.3) is 50.9 Å². The molecule has 0 aliphatic carbocycles. The Balaban J connectivity index is 0.929. The van der Waals surface area contributed by atoms with Crippen molar-refractivity contribution in [3.63, 3.8) is 0 Å². The van der Waals surface area contributed by atoms with E-state index in [0.29, 0.717) is 0 Å². The Morgan fingerprint density at radius 1 is 0.467 bits per heavy atom. The average Bonchev–Trinajstić information content (AvgIpc) is 3.28. The van der Waals surface area contributed by atoms with E-state index in [1.165, 1.54) is 21.8 Å². The first-order valence-corrected chi connectivity index (χ1v) is 21.7. The number of aromatic nitrogens is 6. The molecular weight excluding hydrogens is 745 g/mol. The van der Waals surface area contributed by atoms with Crippen LogP contribution in [-0.4, -0.2) is 120 Å². The topological polar surface area (TPSA) is 78.8 Å². The number of allylic oxidation sites excluding steroid dienone is 3. The van der Waals surface area contributed by atoms with E-state index in [-0.39, 0.29) is 0 Å². The zero-order valence-corrected chi connectivity index (χ0v) is 35.7. The minimum atomic E-state index is 0.758. The van der Waals surface area contributed by atoms with Gasteiger partial charge in [0.1, 0.15) is 30.2 Å². The Hall–Kier alpha value is -5.82. The second kappa shape index (κ2) is 17.8. The first-order valence-electron chi connectivity index (χ1n) is 21.7. The number of benzene rings is 3. The molecule has 3 aliphatic rings. The summed E-state index contributed by atoms with van der Waals surface area (Å²) in [4.78, 5) is 35.4. The van der Waals surface area contributed by atoms with Crippen LogP contribution in [-0.2, 0) is 13.3 Å². The molecule has 0 unspecified atom stereocenters. The van der Waals surface area contributed by atoms with Crippen molar-refractivity contribution in [2.45, 2.75) is 34.1 Å². The molecule has 3 saturated heterocycles. The number of fused-ring (bicyclic) bond motifs is 3. The number of anilines is 3. The molecule has 308 valence electrons. The molecule has 3 fully saturated rings. The van der Waals surface area contributed by atoms with Gasteiger partial charge in [0.05, 0.1) is 16.3 Å². The maximum atomic E-state index is 5.44. The number of nitrogens with zero attached hydrogens (tertiary/aromatic N) is 12. The lowest BCUT2D eigenvalue weighted by atomic mass is 10.2. The van der Waals surface area contributed by atoms with Gasteiger partial charge in [0.25, 0.3) is 11.6 Å². The third kappa shape index (κ3) is 8.07. The lowest BCUT2D eigenvalue weighted by molar-refractivity contribution is -0.696. The van der Waals surface area contributed by atoms with E-state index in [2.05, 4.69) is 157 Å². The zero-order valence-electron chi connectivity index (χ0n) is 35.7. The zero-order chi connectivity index (χ0) is 41.0. The maximum absolute atomic E-state index is 5.44. The molecule has 3 aliphatic heterocycles. The summed E-state index contributed by atoms with van der Waals surface area (Å²) in [7, 11) is 2.20. The van der Waals surface area contributed by atoms with Crippen molar-refractivity contribution in [2.75, 3.05) is 100 Å². The molecule has 6 heterocycles. The van der Waals surface area contributed by atoms with E-state index < -0.39 is 0 Å². The molecule has 0 saturated carbocycles. The van der Waals surface area contributed by atoms with Crippen molar-refractivity contribution in [3.05, 3.63) is 108 Å². The van der Waals surface area contributed by atoms with Gasteiger partial charge in [-0.3, -0.25) is 9.80 Å². The van der Waals surface area contributed by atoms with Crippen molar-refractivity contribution < 1.29 is 9.13 Å². The Bertz CT molecular complexity index is 2560. The number of rotatable bonds is 10. The van der Waals surface area contributed by atoms with E-state index >= 15 is 0 Å². The van der Waals surface area contributed by atoms with Gasteiger partial charge >= 0.3 is 11.6 Å². The van der Waals surface area contributed by atoms with Crippen molar-refractivity contribution in [2.24, 2.45) is 0 Å². The van der Waals surface area contributed by atoms with Crippen LogP contribution in [0.2, 0.25) is 0 Å². The number of piperazine rings is 3. The molecule has 60 heavy (non-hydrogen) atoms. The van der Waals surface area contributed by atoms with Gasteiger partial charge in [0.2, 0.25) is 0 Å². The lowest BCUT2D eigenvalue weighted by Gasteiger charge is -2.35. The molecule has 12 nitrogen and oxygen atoms in total. The summed E-state index contributed by atoms with van der Waals surface area (Å²) < 4.78 is 4.81. The van der Waals surface area contributed by atoms with Gasteiger partial charge < -0.3 is 19.6 Å². The van der Waals surface area contributed by atoms with Gasteiger partial charge in [-0.25, -0.2) is 19.1 Å². The predicted octanol–water partition coefficient (Wildman–Crippen LogP) is 5.71. The fourth-order valence-electron chi connectivity index (χ4n) is 9.00. The number of hydrogen-bond donors (Lipinski definition) is 0. The monoisotopic (exact) mass is 802 g/mol.